The molecule has 1 amide bonds. The van der Waals surface area contributed by atoms with Gasteiger partial charge in [-0.25, -0.2) is 4.79 Å². The Hall–Kier alpha value is -1.33. The Balaban J connectivity index is 0.00000220. The predicted molar refractivity (Wildman–Crippen MR) is 84.4 cm³/mol. The van der Waals surface area contributed by atoms with Gasteiger partial charge in [0.15, 0.2) is 0 Å². The summed E-state index contributed by atoms with van der Waals surface area (Å²) in [7, 11) is 0. The van der Waals surface area contributed by atoms with Crippen molar-refractivity contribution in [1.29, 1.82) is 0 Å². The predicted octanol–water partition coefficient (Wildman–Crippen LogP) is 1.98. The minimum Gasteiger partial charge on any atom is -0.427 e. The van der Waals surface area contributed by atoms with Crippen molar-refractivity contribution in [2.45, 2.75) is 45.6 Å². The zero-order valence-corrected chi connectivity index (χ0v) is 13.5. The molecule has 0 bridgehead atoms. The molecule has 2 N–H and O–H groups in total. The second-order valence-electron chi connectivity index (χ2n) is 5.67. The standard InChI is InChI=1S/C15H22N2O3.ClH/c1-9(2)17-14(18)13-10(3)7-12(20-15(13)19)11-5-4-6-16-8-11;/h7,9,11,16H,4-6,8H2,1-3H3,(H,17,18);1H. The van der Waals surface area contributed by atoms with Crippen LogP contribution in [0.25, 0.3) is 0 Å². The lowest BCUT2D eigenvalue weighted by atomic mass is 9.95. The number of aryl methyl sites for hydroxylation is 1. The lowest BCUT2D eigenvalue weighted by Crippen LogP contribution is -2.35. The molecule has 118 valence electrons. The van der Waals surface area contributed by atoms with Gasteiger partial charge in [-0.05, 0) is 51.8 Å². The van der Waals surface area contributed by atoms with Gasteiger partial charge >= 0.3 is 5.63 Å². The molecule has 0 spiro atoms. The fourth-order valence-electron chi connectivity index (χ4n) is 2.54. The summed E-state index contributed by atoms with van der Waals surface area (Å²) in [5, 5.41) is 6.02. The molecule has 0 saturated carbocycles. The average Bonchev–Trinajstić information content (AvgIpc) is 2.38. The highest BCUT2D eigenvalue weighted by molar-refractivity contribution is 5.95. The maximum atomic E-state index is 12.1. The van der Waals surface area contributed by atoms with Crippen LogP contribution in [0.2, 0.25) is 0 Å². The molecule has 1 unspecified atom stereocenters. The molecule has 1 aromatic rings. The number of halogens is 1. The number of rotatable bonds is 3. The van der Waals surface area contributed by atoms with Crippen molar-refractivity contribution in [3.63, 3.8) is 0 Å². The number of amides is 1. The molecule has 1 atom stereocenters. The second-order valence-corrected chi connectivity index (χ2v) is 5.67. The zero-order chi connectivity index (χ0) is 14.7. The maximum absolute atomic E-state index is 12.1. The van der Waals surface area contributed by atoms with Crippen LogP contribution in [0.1, 0.15) is 54.3 Å². The molecular formula is C15H23ClN2O3. The SMILES string of the molecule is Cc1cc(C2CCCNC2)oc(=O)c1C(=O)NC(C)C.Cl. The first-order chi connectivity index (χ1) is 9.49. The molecule has 5 nitrogen and oxygen atoms in total. The van der Waals surface area contributed by atoms with Gasteiger partial charge < -0.3 is 15.1 Å². The summed E-state index contributed by atoms with van der Waals surface area (Å²) in [4.78, 5) is 24.1. The number of hydrogen-bond donors (Lipinski definition) is 2. The molecule has 1 saturated heterocycles. The zero-order valence-electron chi connectivity index (χ0n) is 12.7. The van der Waals surface area contributed by atoms with Gasteiger partial charge in [0, 0.05) is 18.5 Å². The van der Waals surface area contributed by atoms with E-state index in [0.29, 0.717) is 11.3 Å². The van der Waals surface area contributed by atoms with Crippen molar-refractivity contribution in [1.82, 2.24) is 10.6 Å². The Morgan fingerprint density at radius 1 is 1.48 bits per heavy atom. The van der Waals surface area contributed by atoms with E-state index in [4.69, 9.17) is 4.42 Å². The Bertz CT molecular complexity index is 548. The summed E-state index contributed by atoms with van der Waals surface area (Å²) < 4.78 is 5.38. The van der Waals surface area contributed by atoms with Crippen molar-refractivity contribution in [2.75, 3.05) is 13.1 Å². The van der Waals surface area contributed by atoms with Gasteiger partial charge in [0.1, 0.15) is 11.3 Å². The normalized spacial score (nSPS) is 18.2. The van der Waals surface area contributed by atoms with Gasteiger partial charge in [-0.3, -0.25) is 4.79 Å². The fraction of sp³-hybridized carbons (Fsp3) is 0.600. The highest BCUT2D eigenvalue weighted by Gasteiger charge is 2.22. The fourth-order valence-corrected chi connectivity index (χ4v) is 2.54. The van der Waals surface area contributed by atoms with E-state index in [1.807, 2.05) is 19.9 Å². The lowest BCUT2D eigenvalue weighted by molar-refractivity contribution is 0.0938. The molecule has 2 rings (SSSR count). The third kappa shape index (κ3) is 4.32. The molecule has 1 fully saturated rings. The first-order valence-corrected chi connectivity index (χ1v) is 7.15. The summed E-state index contributed by atoms with van der Waals surface area (Å²) in [6.07, 6.45) is 2.08. The molecule has 1 aliphatic heterocycles. The summed E-state index contributed by atoms with van der Waals surface area (Å²) >= 11 is 0. The van der Waals surface area contributed by atoms with Crippen LogP contribution in [-0.2, 0) is 0 Å². The van der Waals surface area contributed by atoms with Gasteiger partial charge in [-0.2, -0.15) is 0 Å². The smallest absolute Gasteiger partial charge is 0.349 e. The van der Waals surface area contributed by atoms with Crippen LogP contribution in [0.4, 0.5) is 0 Å². The molecule has 6 heteroatoms. The quantitative estimate of drug-likeness (QED) is 0.895. The number of hydrogen-bond acceptors (Lipinski definition) is 4. The van der Waals surface area contributed by atoms with Crippen LogP contribution in [0.15, 0.2) is 15.3 Å². The lowest BCUT2D eigenvalue weighted by Gasteiger charge is -2.22. The van der Waals surface area contributed by atoms with Gasteiger partial charge in [0.05, 0.1) is 0 Å². The average molecular weight is 315 g/mol. The summed E-state index contributed by atoms with van der Waals surface area (Å²) in [6, 6.07) is 1.82. The molecule has 0 aliphatic carbocycles. The van der Waals surface area contributed by atoms with E-state index >= 15 is 0 Å². The minimum atomic E-state index is -0.538. The molecule has 1 aliphatic rings. The number of carbonyl (C=O) groups is 1. The summed E-state index contributed by atoms with van der Waals surface area (Å²) in [6.45, 7) is 7.33. The Morgan fingerprint density at radius 3 is 2.71 bits per heavy atom. The van der Waals surface area contributed by atoms with Crippen LogP contribution in [0, 0.1) is 6.92 Å². The third-order valence-corrected chi connectivity index (χ3v) is 3.51. The Kier molecular flexibility index (Phi) is 6.42. The number of carbonyl (C=O) groups excluding carboxylic acids is 1. The largest absolute Gasteiger partial charge is 0.427 e. The number of piperidine rings is 1. The Labute approximate surface area is 130 Å². The first-order valence-electron chi connectivity index (χ1n) is 7.15. The van der Waals surface area contributed by atoms with Gasteiger partial charge in [-0.15, -0.1) is 12.4 Å². The van der Waals surface area contributed by atoms with Crippen molar-refractivity contribution in [2.24, 2.45) is 0 Å². The molecule has 0 aromatic carbocycles. The van der Waals surface area contributed by atoms with E-state index in [-0.39, 0.29) is 35.8 Å². The molecule has 1 aromatic heterocycles. The van der Waals surface area contributed by atoms with E-state index in [1.165, 1.54) is 0 Å². The minimum absolute atomic E-state index is 0. The van der Waals surface area contributed by atoms with Gasteiger partial charge in [0.2, 0.25) is 0 Å². The van der Waals surface area contributed by atoms with Crippen molar-refractivity contribution in [3.05, 3.63) is 33.4 Å². The van der Waals surface area contributed by atoms with E-state index in [1.54, 1.807) is 6.92 Å². The van der Waals surface area contributed by atoms with Gasteiger partial charge in [-0.1, -0.05) is 0 Å². The van der Waals surface area contributed by atoms with E-state index in [9.17, 15) is 9.59 Å². The molecule has 21 heavy (non-hydrogen) atoms. The summed E-state index contributed by atoms with van der Waals surface area (Å²) in [5.74, 6) is 0.540. The number of nitrogens with one attached hydrogen (secondary N) is 2. The van der Waals surface area contributed by atoms with Crippen LogP contribution in [-0.4, -0.2) is 25.0 Å². The second kappa shape index (κ2) is 7.61. The first kappa shape index (κ1) is 17.7. The van der Waals surface area contributed by atoms with Crippen molar-refractivity contribution in [3.8, 4) is 0 Å². The van der Waals surface area contributed by atoms with E-state index in [2.05, 4.69) is 10.6 Å². The maximum Gasteiger partial charge on any atom is 0.349 e. The monoisotopic (exact) mass is 314 g/mol. The molecule has 0 radical (unpaired) electrons. The molecular weight excluding hydrogens is 292 g/mol. The van der Waals surface area contributed by atoms with Crippen LogP contribution >= 0.6 is 12.4 Å². The highest BCUT2D eigenvalue weighted by Crippen LogP contribution is 2.23. The van der Waals surface area contributed by atoms with Crippen LogP contribution in [0.3, 0.4) is 0 Å². The Morgan fingerprint density at radius 2 is 2.19 bits per heavy atom. The van der Waals surface area contributed by atoms with Crippen LogP contribution < -0.4 is 16.3 Å². The van der Waals surface area contributed by atoms with Gasteiger partial charge in [0.25, 0.3) is 5.91 Å². The highest BCUT2D eigenvalue weighted by atomic mass is 35.5. The summed E-state index contributed by atoms with van der Waals surface area (Å²) in [5.41, 5.74) is 0.259. The topological polar surface area (TPSA) is 71.3 Å². The third-order valence-electron chi connectivity index (χ3n) is 3.51. The van der Waals surface area contributed by atoms with E-state index in [0.717, 1.165) is 25.9 Å². The van der Waals surface area contributed by atoms with Crippen molar-refractivity contribution < 1.29 is 9.21 Å². The van der Waals surface area contributed by atoms with Crippen molar-refractivity contribution >= 4 is 18.3 Å². The molecule has 2 heterocycles. The van der Waals surface area contributed by atoms with Crippen LogP contribution in [0.5, 0.6) is 0 Å². The van der Waals surface area contributed by atoms with E-state index < -0.39 is 5.63 Å².